The number of unbranched alkanes of at least 4 members (excludes halogenated alkanes) is 7. The topological polar surface area (TPSA) is 53.1 Å². The molecule has 0 aliphatic carbocycles. The van der Waals surface area contributed by atoms with Gasteiger partial charge in [0.1, 0.15) is 11.9 Å². The van der Waals surface area contributed by atoms with E-state index in [1.54, 1.807) is 28.4 Å². The van der Waals surface area contributed by atoms with Gasteiger partial charge in [0.05, 0.1) is 7.11 Å². The van der Waals surface area contributed by atoms with Gasteiger partial charge < -0.3 is 9.64 Å². The number of thiophene rings is 1. The molecule has 5 rings (SSSR count). The van der Waals surface area contributed by atoms with Crippen LogP contribution in [0.1, 0.15) is 82.3 Å². The number of anilines is 2. The van der Waals surface area contributed by atoms with Gasteiger partial charge in [-0.3, -0.25) is 14.6 Å². The van der Waals surface area contributed by atoms with Gasteiger partial charge in [-0.2, -0.15) is 0 Å². The van der Waals surface area contributed by atoms with Crippen LogP contribution in [-0.2, 0) is 27.2 Å². The summed E-state index contributed by atoms with van der Waals surface area (Å²) in [4.78, 5) is 32.8. The van der Waals surface area contributed by atoms with Crippen molar-refractivity contribution >= 4 is 44.7 Å². The maximum atomic E-state index is 14.3. The first kappa shape index (κ1) is 32.4. The molecule has 8 heteroatoms. The molecule has 2 aromatic carbocycles. The quantitative estimate of drug-likeness (QED) is 0.128. The van der Waals surface area contributed by atoms with Crippen molar-refractivity contribution in [1.82, 2.24) is 4.90 Å². The van der Waals surface area contributed by atoms with E-state index in [0.717, 1.165) is 79.0 Å². The van der Waals surface area contributed by atoms with Crippen LogP contribution in [0.2, 0.25) is 0 Å². The van der Waals surface area contributed by atoms with Gasteiger partial charge in [-0.15, -0.1) is 11.3 Å². The zero-order valence-electron chi connectivity index (χ0n) is 26.5. The highest BCUT2D eigenvalue weighted by atomic mass is 32.1. The number of carbonyl (C=O) groups excluding carboxylic acids is 2. The monoisotopic (exact) mass is 621 g/mol. The van der Waals surface area contributed by atoms with Gasteiger partial charge in [0.2, 0.25) is 5.91 Å². The van der Waals surface area contributed by atoms with E-state index in [1.807, 2.05) is 5.38 Å². The van der Waals surface area contributed by atoms with Crippen molar-refractivity contribution < 1.29 is 18.7 Å². The van der Waals surface area contributed by atoms with E-state index >= 15 is 0 Å². The molecule has 3 aromatic rings. The molecule has 1 atom stereocenters. The number of carbonyl (C=O) groups is 2. The van der Waals surface area contributed by atoms with Gasteiger partial charge in [-0.25, -0.2) is 9.18 Å². The summed E-state index contributed by atoms with van der Waals surface area (Å²) < 4.78 is 20.5. The van der Waals surface area contributed by atoms with E-state index in [-0.39, 0.29) is 17.7 Å². The summed E-state index contributed by atoms with van der Waals surface area (Å²) in [6, 6.07) is 11.3. The number of methoxy groups -OCH3 is 1. The molecular weight excluding hydrogens is 573 g/mol. The fraction of sp³-hybridized carbons (Fsp3) is 0.556. The van der Waals surface area contributed by atoms with Crippen LogP contribution in [0.25, 0.3) is 10.1 Å². The zero-order chi connectivity index (χ0) is 30.9. The summed E-state index contributed by atoms with van der Waals surface area (Å²) in [6.07, 6.45) is 12.1. The van der Waals surface area contributed by atoms with Crippen LogP contribution in [0.15, 0.2) is 41.8 Å². The third kappa shape index (κ3) is 7.99. The SMILES string of the molecule is CCCCCCCCCCC(C(=O)OC)N1C(=O)CCc2ccc(CCN3CCN(c4cc(F)cc5sccc45)CC3)cc21. The molecule has 44 heavy (non-hydrogen) atoms. The number of halogens is 1. The fourth-order valence-electron chi connectivity index (χ4n) is 6.78. The second-order valence-corrected chi connectivity index (χ2v) is 13.3. The summed E-state index contributed by atoms with van der Waals surface area (Å²) in [6.45, 7) is 6.70. The fourth-order valence-corrected chi connectivity index (χ4v) is 7.61. The van der Waals surface area contributed by atoms with Crippen molar-refractivity contribution in [3.8, 4) is 0 Å². The average molecular weight is 622 g/mol. The highest BCUT2D eigenvalue weighted by molar-refractivity contribution is 7.17. The molecule has 2 aliphatic heterocycles. The molecule has 0 radical (unpaired) electrons. The Bertz CT molecular complexity index is 1400. The number of ether oxygens (including phenoxy) is 1. The third-order valence-electron chi connectivity index (χ3n) is 9.35. The molecule has 1 unspecified atom stereocenters. The van der Waals surface area contributed by atoms with E-state index in [9.17, 15) is 14.0 Å². The number of rotatable bonds is 15. The maximum absolute atomic E-state index is 14.3. The molecule has 1 fully saturated rings. The third-order valence-corrected chi connectivity index (χ3v) is 10.2. The van der Waals surface area contributed by atoms with Crippen molar-refractivity contribution in [2.45, 2.75) is 90.0 Å². The van der Waals surface area contributed by atoms with Crippen molar-refractivity contribution in [1.29, 1.82) is 0 Å². The summed E-state index contributed by atoms with van der Waals surface area (Å²) in [5.41, 5.74) is 4.17. The van der Waals surface area contributed by atoms with Crippen LogP contribution < -0.4 is 9.80 Å². The number of fused-ring (bicyclic) bond motifs is 2. The van der Waals surface area contributed by atoms with Crippen LogP contribution in [0.4, 0.5) is 15.8 Å². The summed E-state index contributed by atoms with van der Waals surface area (Å²) in [5, 5.41) is 3.16. The highest BCUT2D eigenvalue weighted by Gasteiger charge is 2.35. The molecule has 1 aromatic heterocycles. The van der Waals surface area contributed by atoms with Crippen LogP contribution in [0.5, 0.6) is 0 Å². The lowest BCUT2D eigenvalue weighted by atomic mass is 9.95. The van der Waals surface area contributed by atoms with Crippen molar-refractivity contribution in [2.75, 3.05) is 49.6 Å². The van der Waals surface area contributed by atoms with E-state index in [1.165, 1.54) is 51.2 Å². The number of benzene rings is 2. The van der Waals surface area contributed by atoms with Gasteiger partial charge in [0.15, 0.2) is 0 Å². The summed E-state index contributed by atoms with van der Waals surface area (Å²) in [5.74, 6) is -0.488. The molecule has 3 heterocycles. The minimum Gasteiger partial charge on any atom is -0.467 e. The number of esters is 1. The minimum atomic E-state index is -0.576. The Hall–Kier alpha value is -2.97. The Balaban J connectivity index is 1.18. The lowest BCUT2D eigenvalue weighted by Crippen LogP contribution is -2.48. The largest absolute Gasteiger partial charge is 0.467 e. The number of hydrogen-bond acceptors (Lipinski definition) is 6. The molecule has 0 bridgehead atoms. The number of hydrogen-bond donors (Lipinski definition) is 0. The summed E-state index contributed by atoms with van der Waals surface area (Å²) >= 11 is 1.58. The number of piperazine rings is 1. The first-order chi connectivity index (χ1) is 21.5. The summed E-state index contributed by atoms with van der Waals surface area (Å²) in [7, 11) is 1.42. The molecule has 2 aliphatic rings. The molecule has 0 saturated carbocycles. The van der Waals surface area contributed by atoms with Gasteiger partial charge in [0, 0.05) is 60.6 Å². The zero-order valence-corrected chi connectivity index (χ0v) is 27.3. The van der Waals surface area contributed by atoms with E-state index in [4.69, 9.17) is 4.74 Å². The smallest absolute Gasteiger partial charge is 0.328 e. The van der Waals surface area contributed by atoms with Crippen LogP contribution in [0, 0.1) is 5.82 Å². The second kappa shape index (κ2) is 15.8. The standard InChI is InChI=1S/C36H48FN3O3S/c1-3-4-5-6-7-8-9-10-11-31(36(42)43-2)40-32-24-27(12-13-28(32)14-15-35(40)41)16-18-38-19-21-39(22-20-38)33-25-29(37)26-34-30(33)17-23-44-34/h12-13,17,23-26,31H,3-11,14-16,18-22H2,1-2H3. The normalized spacial score (nSPS) is 16.4. The second-order valence-electron chi connectivity index (χ2n) is 12.4. The predicted molar refractivity (Wildman–Crippen MR) is 179 cm³/mol. The molecule has 0 spiro atoms. The Kier molecular flexibility index (Phi) is 11.7. The van der Waals surface area contributed by atoms with Gasteiger partial charge >= 0.3 is 5.97 Å². The molecule has 238 valence electrons. The first-order valence-corrected chi connectivity index (χ1v) is 17.5. The molecular formula is C36H48FN3O3S. The van der Waals surface area contributed by atoms with Gasteiger partial charge in [-0.1, -0.05) is 70.4 Å². The Labute approximate surface area is 266 Å². The first-order valence-electron chi connectivity index (χ1n) is 16.6. The maximum Gasteiger partial charge on any atom is 0.328 e. The number of aryl methyl sites for hydroxylation is 1. The van der Waals surface area contributed by atoms with E-state index in [0.29, 0.717) is 19.3 Å². The Morgan fingerprint density at radius 1 is 0.932 bits per heavy atom. The van der Waals surface area contributed by atoms with Gasteiger partial charge in [0.25, 0.3) is 0 Å². The van der Waals surface area contributed by atoms with E-state index < -0.39 is 6.04 Å². The number of nitrogens with zero attached hydrogens (tertiary/aromatic N) is 3. The van der Waals surface area contributed by atoms with Crippen LogP contribution >= 0.6 is 11.3 Å². The Morgan fingerprint density at radius 3 is 2.43 bits per heavy atom. The minimum absolute atomic E-state index is 0.0119. The van der Waals surface area contributed by atoms with Crippen LogP contribution in [0.3, 0.4) is 0 Å². The average Bonchev–Trinajstić information content (AvgIpc) is 3.51. The van der Waals surface area contributed by atoms with Crippen molar-refractivity contribution in [3.63, 3.8) is 0 Å². The molecule has 1 amide bonds. The molecule has 6 nitrogen and oxygen atoms in total. The molecule has 1 saturated heterocycles. The lowest BCUT2D eigenvalue weighted by molar-refractivity contribution is -0.143. The highest BCUT2D eigenvalue weighted by Crippen LogP contribution is 2.34. The predicted octanol–water partition coefficient (Wildman–Crippen LogP) is 7.76. The van der Waals surface area contributed by atoms with Gasteiger partial charge in [-0.05, 0) is 60.0 Å². The van der Waals surface area contributed by atoms with Crippen LogP contribution in [-0.4, -0.2) is 62.7 Å². The lowest BCUT2D eigenvalue weighted by Gasteiger charge is -2.37. The molecule has 0 N–H and O–H groups in total. The van der Waals surface area contributed by atoms with E-state index in [2.05, 4.69) is 41.0 Å². The van der Waals surface area contributed by atoms with Crippen molar-refractivity contribution in [3.05, 3.63) is 58.7 Å². The van der Waals surface area contributed by atoms with Crippen molar-refractivity contribution in [2.24, 2.45) is 0 Å². The Morgan fingerprint density at radius 2 is 1.68 bits per heavy atom. The number of amides is 1.